The van der Waals surface area contributed by atoms with Crippen molar-refractivity contribution >= 4 is 21.9 Å². The summed E-state index contributed by atoms with van der Waals surface area (Å²) in [5, 5.41) is 9.04. The lowest BCUT2D eigenvalue weighted by atomic mass is 10.1. The van der Waals surface area contributed by atoms with Crippen LogP contribution in [0.3, 0.4) is 0 Å². The molecule has 3 nitrogen and oxygen atoms in total. The molecule has 2 aromatic rings. The first-order valence-corrected chi connectivity index (χ1v) is 6.51. The molecule has 1 N–H and O–H groups in total. The fraction of sp³-hybridized carbons (Fsp3) is 0.143. The van der Waals surface area contributed by atoms with Gasteiger partial charge in [-0.15, -0.1) is 0 Å². The molecule has 0 unspecified atom stereocenters. The van der Waals surface area contributed by atoms with Crippen LogP contribution in [0.15, 0.2) is 34.8 Å². The van der Waals surface area contributed by atoms with Gasteiger partial charge in [0.15, 0.2) is 0 Å². The number of nitrogens with zero attached hydrogens (tertiary/aromatic N) is 1. The summed E-state index contributed by atoms with van der Waals surface area (Å²) in [5.41, 5.74) is 2.08. The van der Waals surface area contributed by atoms with E-state index in [2.05, 4.69) is 20.9 Å². The molecule has 2 rings (SSSR count). The van der Waals surface area contributed by atoms with Gasteiger partial charge in [-0.1, -0.05) is 6.92 Å². The minimum absolute atomic E-state index is 0.201. The van der Waals surface area contributed by atoms with Crippen molar-refractivity contribution in [3.05, 3.63) is 51.9 Å². The molecule has 5 heteroatoms. The van der Waals surface area contributed by atoms with Crippen LogP contribution < -0.4 is 0 Å². The predicted molar refractivity (Wildman–Crippen MR) is 73.7 cm³/mol. The van der Waals surface area contributed by atoms with Gasteiger partial charge in [0.05, 0.1) is 21.4 Å². The highest BCUT2D eigenvalue weighted by Gasteiger charge is 2.12. The lowest BCUT2D eigenvalue weighted by Crippen LogP contribution is -2.04. The second-order valence-electron chi connectivity index (χ2n) is 3.98. The summed E-state index contributed by atoms with van der Waals surface area (Å²) >= 11 is 3.12. The van der Waals surface area contributed by atoms with E-state index in [1.54, 1.807) is 18.2 Å². The average Bonchev–Trinajstić information content (AvgIpc) is 2.41. The molecule has 0 radical (unpaired) electrons. The molecule has 0 aliphatic carbocycles. The van der Waals surface area contributed by atoms with Crippen molar-refractivity contribution in [1.82, 2.24) is 4.98 Å². The monoisotopic (exact) mass is 323 g/mol. The minimum Gasteiger partial charge on any atom is -0.478 e. The molecule has 0 aliphatic heterocycles. The molecule has 0 saturated heterocycles. The van der Waals surface area contributed by atoms with Crippen molar-refractivity contribution in [3.8, 4) is 11.3 Å². The van der Waals surface area contributed by atoms with Crippen LogP contribution >= 0.6 is 15.9 Å². The first-order valence-electron chi connectivity index (χ1n) is 5.71. The number of aromatic carboxylic acids is 1. The molecule has 0 atom stereocenters. The Morgan fingerprint density at radius 3 is 2.68 bits per heavy atom. The first-order chi connectivity index (χ1) is 9.02. The second kappa shape index (κ2) is 5.48. The van der Waals surface area contributed by atoms with Gasteiger partial charge in [-0.3, -0.25) is 4.98 Å². The van der Waals surface area contributed by atoms with Gasteiger partial charge in [-0.2, -0.15) is 0 Å². The zero-order valence-electron chi connectivity index (χ0n) is 10.2. The Labute approximate surface area is 118 Å². The molecule has 1 heterocycles. The van der Waals surface area contributed by atoms with Crippen LogP contribution in [0, 0.1) is 5.82 Å². The lowest BCUT2D eigenvalue weighted by Gasteiger charge is -2.07. The molecule has 0 saturated carbocycles. The van der Waals surface area contributed by atoms with Gasteiger partial charge in [0, 0.05) is 5.56 Å². The predicted octanol–water partition coefficient (Wildman–Crippen LogP) is 3.91. The number of hydrogen-bond donors (Lipinski definition) is 1. The van der Waals surface area contributed by atoms with Crippen LogP contribution in [0.4, 0.5) is 4.39 Å². The SMILES string of the molecule is CCc1nc(-c2ccc(F)c(Br)c2)ccc1C(=O)O. The molecule has 19 heavy (non-hydrogen) atoms. The fourth-order valence-corrected chi connectivity index (χ4v) is 2.16. The van der Waals surface area contributed by atoms with Crippen LogP contribution in [0.25, 0.3) is 11.3 Å². The van der Waals surface area contributed by atoms with Gasteiger partial charge in [-0.05, 0) is 52.7 Å². The van der Waals surface area contributed by atoms with Gasteiger partial charge in [0.1, 0.15) is 5.82 Å². The molecule has 1 aromatic heterocycles. The van der Waals surface area contributed by atoms with Crippen molar-refractivity contribution in [2.45, 2.75) is 13.3 Å². The van der Waals surface area contributed by atoms with E-state index in [1.807, 2.05) is 6.92 Å². The quantitative estimate of drug-likeness (QED) is 0.931. The van der Waals surface area contributed by atoms with Crippen molar-refractivity contribution in [1.29, 1.82) is 0 Å². The number of pyridine rings is 1. The van der Waals surface area contributed by atoms with Crippen molar-refractivity contribution < 1.29 is 14.3 Å². The number of aromatic nitrogens is 1. The standard InChI is InChI=1S/C14H11BrFNO2/c1-2-12-9(14(18)19)4-6-13(17-12)8-3-5-11(16)10(15)7-8/h3-7H,2H2,1H3,(H,18,19). The highest BCUT2D eigenvalue weighted by molar-refractivity contribution is 9.10. The van der Waals surface area contributed by atoms with Crippen LogP contribution in [0.2, 0.25) is 0 Å². The van der Waals surface area contributed by atoms with E-state index in [0.717, 1.165) is 5.56 Å². The van der Waals surface area contributed by atoms with Crippen molar-refractivity contribution in [2.24, 2.45) is 0 Å². The molecule has 0 spiro atoms. The Morgan fingerprint density at radius 2 is 2.11 bits per heavy atom. The van der Waals surface area contributed by atoms with E-state index < -0.39 is 5.97 Å². The van der Waals surface area contributed by atoms with E-state index in [-0.39, 0.29) is 11.4 Å². The first kappa shape index (κ1) is 13.7. The molecular formula is C14H11BrFNO2. The summed E-state index contributed by atoms with van der Waals surface area (Å²) in [6.45, 7) is 1.85. The maximum Gasteiger partial charge on any atom is 0.337 e. The van der Waals surface area contributed by atoms with Crippen LogP contribution in [-0.4, -0.2) is 16.1 Å². The molecular weight excluding hydrogens is 313 g/mol. The van der Waals surface area contributed by atoms with Gasteiger partial charge >= 0.3 is 5.97 Å². The summed E-state index contributed by atoms with van der Waals surface area (Å²) in [6.07, 6.45) is 0.526. The number of halogens is 2. The number of aryl methyl sites for hydroxylation is 1. The lowest BCUT2D eigenvalue weighted by molar-refractivity contribution is 0.0695. The largest absolute Gasteiger partial charge is 0.478 e. The Kier molecular flexibility index (Phi) is 3.95. The van der Waals surface area contributed by atoms with Crippen LogP contribution in [0.1, 0.15) is 23.0 Å². The van der Waals surface area contributed by atoms with Crippen LogP contribution in [0.5, 0.6) is 0 Å². The zero-order chi connectivity index (χ0) is 14.0. The Bertz CT molecular complexity index is 643. The Hall–Kier alpha value is -1.75. The fourth-order valence-electron chi connectivity index (χ4n) is 1.78. The second-order valence-corrected chi connectivity index (χ2v) is 4.83. The normalized spacial score (nSPS) is 10.5. The highest BCUT2D eigenvalue weighted by atomic mass is 79.9. The minimum atomic E-state index is -0.990. The highest BCUT2D eigenvalue weighted by Crippen LogP contribution is 2.25. The number of carboxylic acids is 1. The van der Waals surface area contributed by atoms with Gasteiger partial charge < -0.3 is 5.11 Å². The summed E-state index contributed by atoms with van der Waals surface area (Å²) < 4.78 is 13.5. The van der Waals surface area contributed by atoms with Crippen molar-refractivity contribution in [3.63, 3.8) is 0 Å². The maximum atomic E-state index is 13.2. The Balaban J connectivity index is 2.51. The van der Waals surface area contributed by atoms with E-state index in [0.29, 0.717) is 22.3 Å². The maximum absolute atomic E-state index is 13.2. The van der Waals surface area contributed by atoms with E-state index in [9.17, 15) is 9.18 Å². The smallest absolute Gasteiger partial charge is 0.337 e. The average molecular weight is 324 g/mol. The third kappa shape index (κ3) is 2.81. The Morgan fingerprint density at radius 1 is 1.37 bits per heavy atom. The van der Waals surface area contributed by atoms with Crippen LogP contribution in [-0.2, 0) is 6.42 Å². The third-order valence-electron chi connectivity index (χ3n) is 2.75. The molecule has 1 aromatic carbocycles. The van der Waals surface area contributed by atoms with E-state index >= 15 is 0 Å². The zero-order valence-corrected chi connectivity index (χ0v) is 11.7. The van der Waals surface area contributed by atoms with E-state index in [4.69, 9.17) is 5.11 Å². The molecule has 0 bridgehead atoms. The number of carboxylic acid groups (broad SMARTS) is 1. The third-order valence-corrected chi connectivity index (χ3v) is 3.36. The summed E-state index contributed by atoms with van der Waals surface area (Å²) in [5.74, 6) is -1.34. The summed E-state index contributed by atoms with van der Waals surface area (Å²) in [6, 6.07) is 7.74. The number of benzene rings is 1. The molecule has 98 valence electrons. The topological polar surface area (TPSA) is 50.2 Å². The summed E-state index contributed by atoms with van der Waals surface area (Å²) in [7, 11) is 0. The summed E-state index contributed by atoms with van der Waals surface area (Å²) in [4.78, 5) is 15.4. The van der Waals surface area contributed by atoms with E-state index in [1.165, 1.54) is 12.1 Å². The molecule has 0 aliphatic rings. The van der Waals surface area contributed by atoms with Gasteiger partial charge in [0.2, 0.25) is 0 Å². The van der Waals surface area contributed by atoms with Gasteiger partial charge in [-0.25, -0.2) is 9.18 Å². The number of carbonyl (C=O) groups is 1. The van der Waals surface area contributed by atoms with Gasteiger partial charge in [0.25, 0.3) is 0 Å². The molecule has 0 fully saturated rings. The van der Waals surface area contributed by atoms with Crippen molar-refractivity contribution in [2.75, 3.05) is 0 Å². The number of rotatable bonds is 3. The number of hydrogen-bond acceptors (Lipinski definition) is 2. The molecule has 0 amide bonds.